The zero-order chi connectivity index (χ0) is 18.8. The number of likely N-dealkylation sites (tertiary alicyclic amines) is 1. The lowest BCUT2D eigenvalue weighted by molar-refractivity contribution is -0.143. The molecule has 8 nitrogen and oxygen atoms in total. The molecule has 1 saturated heterocycles. The highest BCUT2D eigenvalue weighted by Gasteiger charge is 2.41. The number of hydrogen-bond donors (Lipinski definition) is 1. The van der Waals surface area contributed by atoms with Crippen molar-refractivity contribution < 1.29 is 9.59 Å². The number of aromatic nitrogens is 4. The van der Waals surface area contributed by atoms with Crippen molar-refractivity contribution in [3.8, 4) is 0 Å². The molecule has 3 rings (SSSR count). The summed E-state index contributed by atoms with van der Waals surface area (Å²) in [6.45, 7) is 4.84. The van der Waals surface area contributed by atoms with E-state index in [1.165, 1.54) is 0 Å². The van der Waals surface area contributed by atoms with Crippen LogP contribution in [0.3, 0.4) is 0 Å². The van der Waals surface area contributed by atoms with Gasteiger partial charge in [-0.15, -0.1) is 0 Å². The van der Waals surface area contributed by atoms with Crippen molar-refractivity contribution in [1.82, 2.24) is 29.5 Å². The second kappa shape index (κ2) is 7.31. The molecule has 1 aliphatic heterocycles. The number of piperidine rings is 1. The molecular formula is C18H26N6O2. The number of amides is 2. The highest BCUT2D eigenvalue weighted by molar-refractivity contribution is 5.84. The predicted octanol–water partition coefficient (Wildman–Crippen LogP) is 1.08. The first-order chi connectivity index (χ1) is 12.4. The van der Waals surface area contributed by atoms with E-state index < -0.39 is 0 Å². The first-order valence-electron chi connectivity index (χ1n) is 8.96. The summed E-state index contributed by atoms with van der Waals surface area (Å²) in [6, 6.07) is 1.62. The largest absolute Gasteiger partial charge is 0.350 e. The molecule has 0 aliphatic carbocycles. The van der Waals surface area contributed by atoms with E-state index in [1.54, 1.807) is 15.8 Å². The molecule has 1 fully saturated rings. The molecule has 140 valence electrons. The lowest BCUT2D eigenvalue weighted by Gasteiger charge is -2.39. The van der Waals surface area contributed by atoms with Gasteiger partial charge in [-0.05, 0) is 26.3 Å². The highest BCUT2D eigenvalue weighted by Crippen LogP contribution is 2.35. The molecule has 0 aromatic carbocycles. The van der Waals surface area contributed by atoms with Gasteiger partial charge in [-0.2, -0.15) is 5.10 Å². The van der Waals surface area contributed by atoms with Crippen molar-refractivity contribution in [3.05, 3.63) is 35.7 Å². The zero-order valence-electron chi connectivity index (χ0n) is 15.8. The molecule has 3 heterocycles. The van der Waals surface area contributed by atoms with E-state index in [4.69, 9.17) is 0 Å². The van der Waals surface area contributed by atoms with E-state index in [1.807, 2.05) is 44.8 Å². The summed E-state index contributed by atoms with van der Waals surface area (Å²) in [5.74, 6) is 0.453. The zero-order valence-corrected chi connectivity index (χ0v) is 15.8. The second-order valence-corrected chi connectivity index (χ2v) is 6.78. The average molecular weight is 358 g/mol. The number of carbonyl (C=O) groups excluding carboxylic acids is 2. The van der Waals surface area contributed by atoms with Crippen LogP contribution in [0.2, 0.25) is 0 Å². The van der Waals surface area contributed by atoms with E-state index in [0.29, 0.717) is 25.9 Å². The van der Waals surface area contributed by atoms with Crippen molar-refractivity contribution in [1.29, 1.82) is 0 Å². The van der Waals surface area contributed by atoms with Crippen molar-refractivity contribution in [2.45, 2.75) is 39.3 Å². The third kappa shape index (κ3) is 3.36. The fourth-order valence-corrected chi connectivity index (χ4v) is 3.72. The Balaban J connectivity index is 1.81. The maximum absolute atomic E-state index is 13.0. The van der Waals surface area contributed by atoms with Crippen LogP contribution in [0, 0.1) is 12.8 Å². The number of carbonyl (C=O) groups is 2. The molecule has 2 amide bonds. The van der Waals surface area contributed by atoms with Crippen LogP contribution in [0.15, 0.2) is 18.5 Å². The van der Waals surface area contributed by atoms with Crippen LogP contribution in [0.1, 0.15) is 43.0 Å². The van der Waals surface area contributed by atoms with Gasteiger partial charge >= 0.3 is 0 Å². The van der Waals surface area contributed by atoms with Crippen molar-refractivity contribution in [2.24, 2.45) is 20.0 Å². The number of rotatable bonds is 5. The summed E-state index contributed by atoms with van der Waals surface area (Å²) in [7, 11) is 3.76. The second-order valence-electron chi connectivity index (χ2n) is 6.78. The summed E-state index contributed by atoms with van der Waals surface area (Å²) in [5, 5.41) is 7.32. The molecule has 26 heavy (non-hydrogen) atoms. The van der Waals surface area contributed by atoms with Crippen molar-refractivity contribution in [3.63, 3.8) is 0 Å². The Hall–Kier alpha value is -2.64. The smallest absolute Gasteiger partial charge is 0.226 e. The standard InChI is InChI=1S/C18H26N6O2/c1-5-24-15(25)7-6-14(16(24)17-19-8-9-22(17)3)18(26)20-11-13-10-12(2)21-23(13)4/h8-10,14,16H,5-7,11H2,1-4H3,(H,20,26)/t14-,16-/m0/s1. The summed E-state index contributed by atoms with van der Waals surface area (Å²) in [6.07, 6.45) is 4.46. The minimum absolute atomic E-state index is 0.0530. The van der Waals surface area contributed by atoms with Gasteiger partial charge in [0.2, 0.25) is 11.8 Å². The van der Waals surface area contributed by atoms with Crippen molar-refractivity contribution in [2.75, 3.05) is 6.54 Å². The topological polar surface area (TPSA) is 85.1 Å². The molecule has 0 saturated carbocycles. The Kier molecular flexibility index (Phi) is 5.11. The van der Waals surface area contributed by atoms with E-state index in [-0.39, 0.29) is 23.8 Å². The average Bonchev–Trinajstić information content (AvgIpc) is 3.16. The maximum atomic E-state index is 13.0. The number of aryl methyl sites for hydroxylation is 3. The summed E-state index contributed by atoms with van der Waals surface area (Å²) in [5.41, 5.74) is 1.87. The van der Waals surface area contributed by atoms with Crippen LogP contribution >= 0.6 is 0 Å². The maximum Gasteiger partial charge on any atom is 0.226 e. The van der Waals surface area contributed by atoms with Crippen molar-refractivity contribution >= 4 is 11.8 Å². The minimum Gasteiger partial charge on any atom is -0.350 e. The van der Waals surface area contributed by atoms with Crippen LogP contribution in [0.4, 0.5) is 0 Å². The van der Waals surface area contributed by atoms with E-state index in [2.05, 4.69) is 15.4 Å². The normalized spacial score (nSPS) is 20.5. The highest BCUT2D eigenvalue weighted by atomic mass is 16.2. The van der Waals surface area contributed by atoms with Crippen LogP contribution in [-0.2, 0) is 30.2 Å². The van der Waals surface area contributed by atoms with Crippen LogP contribution in [-0.4, -0.2) is 42.6 Å². The van der Waals surface area contributed by atoms with Gasteiger partial charge in [0.15, 0.2) is 0 Å². The fourth-order valence-electron chi connectivity index (χ4n) is 3.72. The van der Waals surface area contributed by atoms with Crippen LogP contribution in [0.5, 0.6) is 0 Å². The minimum atomic E-state index is -0.338. The quantitative estimate of drug-likeness (QED) is 0.867. The number of nitrogens with one attached hydrogen (secondary N) is 1. The van der Waals surface area contributed by atoms with Gasteiger partial charge in [-0.3, -0.25) is 14.3 Å². The molecule has 2 aromatic heterocycles. The molecule has 2 aromatic rings. The van der Waals surface area contributed by atoms with Crippen LogP contribution < -0.4 is 5.32 Å². The van der Waals surface area contributed by atoms with E-state index in [0.717, 1.165) is 17.2 Å². The Morgan fingerprint density at radius 3 is 2.73 bits per heavy atom. The summed E-state index contributed by atoms with van der Waals surface area (Å²) in [4.78, 5) is 31.5. The van der Waals surface area contributed by atoms with Gasteiger partial charge in [-0.1, -0.05) is 0 Å². The Morgan fingerprint density at radius 2 is 2.15 bits per heavy atom. The molecular weight excluding hydrogens is 332 g/mol. The first kappa shape index (κ1) is 18.2. The SMILES string of the molecule is CCN1C(=O)CC[C@H](C(=O)NCc2cc(C)nn2C)[C@H]1c1nccn1C. The van der Waals surface area contributed by atoms with Gasteiger partial charge in [0.05, 0.1) is 23.9 Å². The van der Waals surface area contributed by atoms with Gasteiger partial charge in [0.25, 0.3) is 0 Å². The fraction of sp³-hybridized carbons (Fsp3) is 0.556. The monoisotopic (exact) mass is 358 g/mol. The molecule has 0 radical (unpaired) electrons. The third-order valence-corrected chi connectivity index (χ3v) is 5.05. The van der Waals surface area contributed by atoms with Gasteiger partial charge in [0.1, 0.15) is 11.9 Å². The molecule has 0 bridgehead atoms. The number of nitrogens with zero attached hydrogens (tertiary/aromatic N) is 5. The van der Waals surface area contributed by atoms with Gasteiger partial charge in [-0.25, -0.2) is 4.98 Å². The Labute approximate surface area is 153 Å². The molecule has 8 heteroatoms. The Bertz CT molecular complexity index is 808. The van der Waals surface area contributed by atoms with Gasteiger partial charge < -0.3 is 14.8 Å². The summed E-state index contributed by atoms with van der Waals surface area (Å²) >= 11 is 0. The molecule has 2 atom stereocenters. The summed E-state index contributed by atoms with van der Waals surface area (Å²) < 4.78 is 3.66. The lowest BCUT2D eigenvalue weighted by Crippen LogP contribution is -2.48. The number of imidazole rings is 1. The van der Waals surface area contributed by atoms with Gasteiger partial charge in [0, 0.05) is 39.5 Å². The lowest BCUT2D eigenvalue weighted by atomic mass is 9.87. The first-order valence-corrected chi connectivity index (χ1v) is 8.96. The predicted molar refractivity (Wildman–Crippen MR) is 95.9 cm³/mol. The van der Waals surface area contributed by atoms with E-state index in [9.17, 15) is 9.59 Å². The van der Waals surface area contributed by atoms with E-state index >= 15 is 0 Å². The Morgan fingerprint density at radius 1 is 1.38 bits per heavy atom. The molecule has 0 unspecified atom stereocenters. The molecule has 1 N–H and O–H groups in total. The molecule has 0 spiro atoms. The molecule has 1 aliphatic rings. The number of hydrogen-bond acceptors (Lipinski definition) is 4. The van der Waals surface area contributed by atoms with Crippen LogP contribution in [0.25, 0.3) is 0 Å². The third-order valence-electron chi connectivity index (χ3n) is 5.05.